The number of nitrogen functional groups attached to an aromatic ring is 1. The second-order valence-corrected chi connectivity index (χ2v) is 5.54. The van der Waals surface area contributed by atoms with E-state index in [1.54, 1.807) is 6.20 Å². The molecule has 0 atom stereocenters. The third-order valence-corrected chi connectivity index (χ3v) is 4.00. The highest BCUT2D eigenvalue weighted by Gasteiger charge is 2.22. The summed E-state index contributed by atoms with van der Waals surface area (Å²) in [5.41, 5.74) is 6.51. The summed E-state index contributed by atoms with van der Waals surface area (Å²) in [5.74, 6) is 2.02. The molecule has 6 heteroatoms. The Bertz CT molecular complexity index is 595. The quantitative estimate of drug-likeness (QED) is 0.920. The van der Waals surface area contributed by atoms with Crippen LogP contribution in [-0.4, -0.2) is 19.9 Å². The lowest BCUT2D eigenvalue weighted by molar-refractivity contribution is 0.664. The molecule has 0 unspecified atom stereocenters. The molecular weight excluding hydrogens is 306 g/mol. The summed E-state index contributed by atoms with van der Waals surface area (Å²) in [6.07, 6.45) is 6.45. The highest BCUT2D eigenvalue weighted by atomic mass is 79.9. The van der Waals surface area contributed by atoms with Gasteiger partial charge in [0.2, 0.25) is 5.95 Å². The van der Waals surface area contributed by atoms with Crippen LogP contribution in [0.4, 0.5) is 5.95 Å². The van der Waals surface area contributed by atoms with Gasteiger partial charge in [-0.2, -0.15) is 9.97 Å². The van der Waals surface area contributed by atoms with Crippen molar-refractivity contribution in [3.8, 4) is 11.5 Å². The van der Waals surface area contributed by atoms with E-state index in [-0.39, 0.29) is 5.95 Å². The fourth-order valence-corrected chi connectivity index (χ4v) is 2.86. The Balaban J connectivity index is 2.04. The second kappa shape index (κ2) is 5.21. The molecule has 0 saturated heterocycles. The van der Waals surface area contributed by atoms with Crippen LogP contribution in [0.15, 0.2) is 22.8 Å². The molecule has 1 aliphatic rings. The number of anilines is 1. The lowest BCUT2D eigenvalue weighted by Crippen LogP contribution is -2.08. The third-order valence-electron chi connectivity index (χ3n) is 3.36. The van der Waals surface area contributed by atoms with Crippen LogP contribution in [0.5, 0.6) is 0 Å². The second-order valence-electron chi connectivity index (χ2n) is 4.69. The molecule has 0 aliphatic heterocycles. The minimum absolute atomic E-state index is 0.268. The molecule has 5 nitrogen and oxygen atoms in total. The monoisotopic (exact) mass is 319 g/mol. The average Bonchev–Trinajstić information content (AvgIpc) is 2.92. The molecule has 3 rings (SSSR count). The summed E-state index contributed by atoms with van der Waals surface area (Å²) in [6, 6.07) is 3.77. The fourth-order valence-electron chi connectivity index (χ4n) is 2.43. The smallest absolute Gasteiger partial charge is 0.223 e. The average molecular weight is 320 g/mol. The number of nitrogens with two attached hydrogens (primary N) is 1. The van der Waals surface area contributed by atoms with Crippen molar-refractivity contribution in [2.24, 2.45) is 0 Å². The molecule has 1 saturated carbocycles. The Hall–Kier alpha value is -1.56. The van der Waals surface area contributed by atoms with Gasteiger partial charge in [-0.05, 0) is 40.9 Å². The number of rotatable bonds is 2. The van der Waals surface area contributed by atoms with Gasteiger partial charge in [0, 0.05) is 16.6 Å². The van der Waals surface area contributed by atoms with E-state index in [2.05, 4.69) is 35.9 Å². The summed E-state index contributed by atoms with van der Waals surface area (Å²) >= 11 is 3.46. The molecule has 0 bridgehead atoms. The maximum absolute atomic E-state index is 5.81. The van der Waals surface area contributed by atoms with Crippen molar-refractivity contribution in [3.05, 3.63) is 28.6 Å². The van der Waals surface area contributed by atoms with Gasteiger partial charge in [0.1, 0.15) is 11.5 Å². The molecule has 98 valence electrons. The first kappa shape index (κ1) is 12.5. The number of nitrogens with zero attached hydrogens (tertiary/aromatic N) is 4. The Morgan fingerprint density at radius 1 is 1.16 bits per heavy atom. The van der Waals surface area contributed by atoms with Gasteiger partial charge in [-0.25, -0.2) is 4.98 Å². The van der Waals surface area contributed by atoms with Crippen molar-refractivity contribution in [1.82, 2.24) is 19.9 Å². The lowest BCUT2D eigenvalue weighted by atomic mass is 10.1. The maximum Gasteiger partial charge on any atom is 0.223 e. The van der Waals surface area contributed by atoms with Crippen LogP contribution in [0.1, 0.15) is 37.4 Å². The molecule has 2 aromatic rings. The summed E-state index contributed by atoms with van der Waals surface area (Å²) in [7, 11) is 0. The fraction of sp³-hybridized carbons (Fsp3) is 0.385. The predicted octanol–water partition coefficient (Wildman–Crippen LogP) is 2.94. The molecule has 2 N–H and O–H groups in total. The maximum atomic E-state index is 5.81. The zero-order valence-corrected chi connectivity index (χ0v) is 12.0. The third kappa shape index (κ3) is 2.58. The van der Waals surface area contributed by atoms with Crippen LogP contribution in [0.25, 0.3) is 11.5 Å². The van der Waals surface area contributed by atoms with E-state index in [9.17, 15) is 0 Å². The Morgan fingerprint density at radius 3 is 2.68 bits per heavy atom. The van der Waals surface area contributed by atoms with Crippen LogP contribution in [0.3, 0.4) is 0 Å². The van der Waals surface area contributed by atoms with Crippen LogP contribution in [0, 0.1) is 0 Å². The first-order valence-corrected chi connectivity index (χ1v) is 7.15. The molecule has 2 heterocycles. The van der Waals surface area contributed by atoms with Gasteiger partial charge in [-0.1, -0.05) is 12.8 Å². The summed E-state index contributed by atoms with van der Waals surface area (Å²) in [6.45, 7) is 0. The van der Waals surface area contributed by atoms with Crippen LogP contribution >= 0.6 is 15.9 Å². The van der Waals surface area contributed by atoms with E-state index < -0.39 is 0 Å². The van der Waals surface area contributed by atoms with Crippen molar-refractivity contribution in [3.63, 3.8) is 0 Å². The van der Waals surface area contributed by atoms with Crippen LogP contribution in [-0.2, 0) is 0 Å². The Morgan fingerprint density at radius 2 is 1.95 bits per heavy atom. The molecule has 0 radical (unpaired) electrons. The molecule has 1 fully saturated rings. The summed E-state index contributed by atoms with van der Waals surface area (Å²) in [4.78, 5) is 17.3. The molecule has 0 spiro atoms. The molecular formula is C13H14BrN5. The van der Waals surface area contributed by atoms with E-state index in [1.165, 1.54) is 12.8 Å². The van der Waals surface area contributed by atoms with Gasteiger partial charge in [-0.3, -0.25) is 4.98 Å². The minimum atomic E-state index is 0.268. The summed E-state index contributed by atoms with van der Waals surface area (Å²) in [5, 5.41) is 0. The SMILES string of the molecule is Nc1nc(-c2ncccc2Br)nc(C2CCCC2)n1. The van der Waals surface area contributed by atoms with Crippen molar-refractivity contribution >= 4 is 21.9 Å². The number of hydrogen-bond donors (Lipinski definition) is 1. The predicted molar refractivity (Wildman–Crippen MR) is 76.4 cm³/mol. The Kier molecular flexibility index (Phi) is 3.42. The first-order chi connectivity index (χ1) is 9.24. The molecule has 1 aliphatic carbocycles. The van der Waals surface area contributed by atoms with E-state index in [0.717, 1.165) is 23.1 Å². The highest BCUT2D eigenvalue weighted by Crippen LogP contribution is 2.33. The van der Waals surface area contributed by atoms with Gasteiger partial charge in [-0.15, -0.1) is 0 Å². The number of aromatic nitrogens is 4. The van der Waals surface area contributed by atoms with E-state index in [0.29, 0.717) is 17.4 Å². The van der Waals surface area contributed by atoms with Gasteiger partial charge in [0.15, 0.2) is 5.82 Å². The van der Waals surface area contributed by atoms with E-state index >= 15 is 0 Å². The molecule has 0 aromatic carbocycles. The number of hydrogen-bond acceptors (Lipinski definition) is 5. The van der Waals surface area contributed by atoms with Crippen molar-refractivity contribution in [2.75, 3.05) is 5.73 Å². The largest absolute Gasteiger partial charge is 0.368 e. The minimum Gasteiger partial charge on any atom is -0.368 e. The standard InChI is InChI=1S/C13H14BrN5/c14-9-6-3-7-16-10(9)12-17-11(18-13(15)19-12)8-4-1-2-5-8/h3,6-8H,1-2,4-5H2,(H2,15,17,18,19). The highest BCUT2D eigenvalue weighted by molar-refractivity contribution is 9.10. The van der Waals surface area contributed by atoms with Gasteiger partial charge >= 0.3 is 0 Å². The van der Waals surface area contributed by atoms with Gasteiger partial charge in [0.25, 0.3) is 0 Å². The van der Waals surface area contributed by atoms with Crippen molar-refractivity contribution in [2.45, 2.75) is 31.6 Å². The van der Waals surface area contributed by atoms with Crippen LogP contribution in [0.2, 0.25) is 0 Å². The molecule has 19 heavy (non-hydrogen) atoms. The first-order valence-electron chi connectivity index (χ1n) is 6.36. The normalized spacial score (nSPS) is 15.8. The van der Waals surface area contributed by atoms with Gasteiger partial charge < -0.3 is 5.73 Å². The van der Waals surface area contributed by atoms with Crippen molar-refractivity contribution < 1.29 is 0 Å². The van der Waals surface area contributed by atoms with E-state index in [1.807, 2.05) is 12.1 Å². The number of halogens is 1. The Labute approximate surface area is 119 Å². The zero-order chi connectivity index (χ0) is 13.2. The topological polar surface area (TPSA) is 77.6 Å². The van der Waals surface area contributed by atoms with Gasteiger partial charge in [0.05, 0.1) is 0 Å². The summed E-state index contributed by atoms with van der Waals surface area (Å²) < 4.78 is 0.859. The van der Waals surface area contributed by atoms with E-state index in [4.69, 9.17) is 5.73 Å². The zero-order valence-electron chi connectivity index (χ0n) is 10.4. The molecule has 2 aromatic heterocycles. The van der Waals surface area contributed by atoms with Crippen molar-refractivity contribution in [1.29, 1.82) is 0 Å². The molecule has 0 amide bonds. The van der Waals surface area contributed by atoms with Crippen LogP contribution < -0.4 is 5.73 Å². The lowest BCUT2D eigenvalue weighted by Gasteiger charge is -2.10. The number of pyridine rings is 1.